The molecule has 0 aromatic carbocycles. The highest BCUT2D eigenvalue weighted by Gasteiger charge is 2.28. The maximum Gasteiger partial charge on any atom is 0.231 e. The largest absolute Gasteiger partial charge is 0.380 e. The van der Waals surface area contributed by atoms with Crippen molar-refractivity contribution in [2.75, 3.05) is 49.2 Å². The van der Waals surface area contributed by atoms with E-state index in [0.717, 1.165) is 24.1 Å². The summed E-state index contributed by atoms with van der Waals surface area (Å²) in [6.07, 6.45) is 4.36. The lowest BCUT2D eigenvalue weighted by molar-refractivity contribution is -0.118. The lowest BCUT2D eigenvalue weighted by Gasteiger charge is -2.23. The molecule has 9 nitrogen and oxygen atoms in total. The van der Waals surface area contributed by atoms with Crippen molar-refractivity contribution < 1.29 is 13.9 Å². The van der Waals surface area contributed by atoms with Crippen LogP contribution in [0.1, 0.15) is 24.8 Å². The Morgan fingerprint density at radius 2 is 2.13 bits per heavy atom. The second-order valence-corrected chi connectivity index (χ2v) is 7.82. The minimum absolute atomic E-state index is 0.0747. The van der Waals surface area contributed by atoms with E-state index in [1.165, 1.54) is 0 Å². The molecule has 3 aliphatic heterocycles. The van der Waals surface area contributed by atoms with E-state index in [9.17, 15) is 9.18 Å². The van der Waals surface area contributed by atoms with Crippen molar-refractivity contribution in [1.29, 1.82) is 0 Å². The Kier molecular flexibility index (Phi) is 4.86. The Morgan fingerprint density at radius 3 is 2.90 bits per heavy atom. The van der Waals surface area contributed by atoms with Gasteiger partial charge in [0.1, 0.15) is 6.17 Å². The van der Waals surface area contributed by atoms with Crippen LogP contribution in [0.2, 0.25) is 0 Å². The first-order valence-corrected chi connectivity index (χ1v) is 10.3. The highest BCUT2D eigenvalue weighted by Crippen LogP contribution is 2.27. The van der Waals surface area contributed by atoms with Gasteiger partial charge in [-0.25, -0.2) is 4.39 Å². The average Bonchev–Trinajstić information content (AvgIpc) is 3.34. The number of rotatable bonds is 3. The molecule has 0 aliphatic carbocycles. The lowest BCUT2D eigenvalue weighted by atomic mass is 10.1. The lowest BCUT2D eigenvalue weighted by Crippen LogP contribution is -2.30. The summed E-state index contributed by atoms with van der Waals surface area (Å²) in [5.41, 5.74) is 2.81. The quantitative estimate of drug-likeness (QED) is 0.812. The summed E-state index contributed by atoms with van der Waals surface area (Å²) in [5.74, 6) is 1.10. The number of hydrogen-bond acceptors (Lipinski definition) is 7. The Morgan fingerprint density at radius 1 is 1.23 bits per heavy atom. The van der Waals surface area contributed by atoms with Gasteiger partial charge in [-0.3, -0.25) is 4.79 Å². The Bertz CT molecular complexity index is 1030. The van der Waals surface area contributed by atoms with Crippen LogP contribution >= 0.6 is 0 Å². The summed E-state index contributed by atoms with van der Waals surface area (Å²) in [5, 5.41) is 7.21. The topological polar surface area (TPSA) is 87.9 Å². The van der Waals surface area contributed by atoms with E-state index in [-0.39, 0.29) is 12.3 Å². The van der Waals surface area contributed by atoms with Gasteiger partial charge in [0.25, 0.3) is 0 Å². The summed E-state index contributed by atoms with van der Waals surface area (Å²) in [6.45, 7) is 7.60. The first kappa shape index (κ1) is 19.0. The summed E-state index contributed by atoms with van der Waals surface area (Å²) in [4.78, 5) is 25.3. The van der Waals surface area contributed by atoms with Crippen molar-refractivity contribution in [3.8, 4) is 0 Å². The standard InChI is InChI=1S/C20H24FN7O2/c1-13-14(10-17(29)23-13)9-15-11-22-28-18(15)24-19(26-4-2-7-30-8-6-26)25-20(28)27-5-3-16(21)12-27/h9,11,16H,1-8,10,12H2,(H,23,29)/b14-9+/t16-/m1/s1. The van der Waals surface area contributed by atoms with Gasteiger partial charge < -0.3 is 19.9 Å². The third-order valence-electron chi connectivity index (χ3n) is 5.64. The Labute approximate surface area is 173 Å². The van der Waals surface area contributed by atoms with E-state index < -0.39 is 6.17 Å². The molecule has 3 saturated heterocycles. The van der Waals surface area contributed by atoms with Crippen LogP contribution in [-0.4, -0.2) is 71.1 Å². The summed E-state index contributed by atoms with van der Waals surface area (Å²) >= 11 is 0. The molecular weight excluding hydrogens is 389 g/mol. The molecule has 2 aromatic heterocycles. The van der Waals surface area contributed by atoms with Gasteiger partial charge in [-0.05, 0) is 24.5 Å². The van der Waals surface area contributed by atoms with Crippen molar-refractivity contribution in [2.24, 2.45) is 0 Å². The molecule has 5 heterocycles. The Balaban J connectivity index is 1.61. The maximum absolute atomic E-state index is 13.9. The van der Waals surface area contributed by atoms with Crippen LogP contribution in [0.3, 0.4) is 0 Å². The van der Waals surface area contributed by atoms with Crippen LogP contribution in [0.5, 0.6) is 0 Å². The Hall–Kier alpha value is -3.01. The van der Waals surface area contributed by atoms with Gasteiger partial charge in [-0.15, -0.1) is 0 Å². The zero-order valence-corrected chi connectivity index (χ0v) is 16.7. The van der Waals surface area contributed by atoms with Gasteiger partial charge in [0.2, 0.25) is 17.8 Å². The number of allylic oxidation sites excluding steroid dienone is 1. The molecular formula is C20H24FN7O2. The van der Waals surface area contributed by atoms with E-state index in [0.29, 0.717) is 62.5 Å². The molecule has 1 amide bonds. The molecule has 0 spiro atoms. The van der Waals surface area contributed by atoms with Crippen molar-refractivity contribution in [1.82, 2.24) is 24.9 Å². The molecule has 1 N–H and O–H groups in total. The molecule has 0 saturated carbocycles. The first-order chi connectivity index (χ1) is 14.6. The monoisotopic (exact) mass is 413 g/mol. The molecule has 30 heavy (non-hydrogen) atoms. The summed E-state index contributed by atoms with van der Waals surface area (Å²) in [6, 6.07) is 0. The highest BCUT2D eigenvalue weighted by atomic mass is 19.1. The van der Waals surface area contributed by atoms with Crippen LogP contribution in [0.4, 0.5) is 16.3 Å². The molecule has 10 heteroatoms. The second-order valence-electron chi connectivity index (χ2n) is 7.82. The van der Waals surface area contributed by atoms with Crippen LogP contribution in [0.15, 0.2) is 24.0 Å². The number of ether oxygens (including phenoxy) is 1. The minimum Gasteiger partial charge on any atom is -0.380 e. The minimum atomic E-state index is -0.874. The van der Waals surface area contributed by atoms with E-state index in [2.05, 4.69) is 21.9 Å². The van der Waals surface area contributed by atoms with Crippen molar-refractivity contribution >= 4 is 29.5 Å². The molecule has 0 unspecified atom stereocenters. The maximum atomic E-state index is 13.9. The predicted octanol–water partition coefficient (Wildman–Crippen LogP) is 1.32. The van der Waals surface area contributed by atoms with Crippen LogP contribution < -0.4 is 15.1 Å². The molecule has 1 atom stereocenters. The normalized spacial score (nSPS) is 24.2. The number of aromatic nitrogens is 4. The summed E-state index contributed by atoms with van der Waals surface area (Å²) < 4.78 is 21.2. The molecule has 5 rings (SSSR count). The van der Waals surface area contributed by atoms with Crippen LogP contribution in [0.25, 0.3) is 11.7 Å². The van der Waals surface area contributed by atoms with Gasteiger partial charge in [-0.2, -0.15) is 19.6 Å². The number of alkyl halides is 1. The molecule has 3 fully saturated rings. The molecule has 0 bridgehead atoms. The number of halogens is 1. The van der Waals surface area contributed by atoms with Gasteiger partial charge in [0, 0.05) is 37.5 Å². The number of hydrogen-bond donors (Lipinski definition) is 1. The zero-order valence-electron chi connectivity index (χ0n) is 16.7. The first-order valence-electron chi connectivity index (χ1n) is 10.3. The van der Waals surface area contributed by atoms with Gasteiger partial charge in [0.05, 0.1) is 25.8 Å². The second kappa shape index (κ2) is 7.67. The van der Waals surface area contributed by atoms with Crippen LogP contribution in [0, 0.1) is 0 Å². The molecule has 3 aliphatic rings. The smallest absolute Gasteiger partial charge is 0.231 e. The fourth-order valence-electron chi connectivity index (χ4n) is 4.06. The summed E-state index contributed by atoms with van der Waals surface area (Å²) in [7, 11) is 0. The third-order valence-corrected chi connectivity index (χ3v) is 5.64. The van der Waals surface area contributed by atoms with Crippen LogP contribution in [-0.2, 0) is 9.53 Å². The number of anilines is 2. The number of nitrogens with one attached hydrogen (secondary N) is 1. The van der Waals surface area contributed by atoms with Crippen molar-refractivity contribution in [3.05, 3.63) is 29.6 Å². The van der Waals surface area contributed by atoms with Gasteiger partial charge >= 0.3 is 0 Å². The number of carbonyl (C=O) groups excluding carboxylic acids is 1. The molecule has 158 valence electrons. The fraction of sp³-hybridized carbons (Fsp3) is 0.500. The molecule has 0 radical (unpaired) electrons. The predicted molar refractivity (Wildman–Crippen MR) is 110 cm³/mol. The average molecular weight is 413 g/mol. The van der Waals surface area contributed by atoms with E-state index in [1.54, 1.807) is 10.7 Å². The van der Waals surface area contributed by atoms with Crippen molar-refractivity contribution in [2.45, 2.75) is 25.4 Å². The van der Waals surface area contributed by atoms with Gasteiger partial charge in [-0.1, -0.05) is 6.58 Å². The van der Waals surface area contributed by atoms with Crippen molar-refractivity contribution in [3.63, 3.8) is 0 Å². The SMILES string of the molecule is C=C1NC(=O)C/C1=C\c1cnn2c(N3CC[C@@H](F)C3)nc(N3CCCOCC3)nc12. The van der Waals surface area contributed by atoms with Gasteiger partial charge in [0.15, 0.2) is 5.65 Å². The van der Waals surface area contributed by atoms with E-state index in [1.807, 2.05) is 11.0 Å². The highest BCUT2D eigenvalue weighted by molar-refractivity contribution is 5.89. The van der Waals surface area contributed by atoms with E-state index >= 15 is 0 Å². The number of carbonyl (C=O) groups is 1. The third kappa shape index (κ3) is 3.51. The fourth-order valence-corrected chi connectivity index (χ4v) is 4.06. The number of nitrogens with zero attached hydrogens (tertiary/aromatic N) is 6. The molecule has 2 aromatic rings. The zero-order chi connectivity index (χ0) is 20.7. The number of fused-ring (bicyclic) bond motifs is 1. The number of amides is 1. The van der Waals surface area contributed by atoms with E-state index in [4.69, 9.17) is 14.7 Å².